The summed E-state index contributed by atoms with van der Waals surface area (Å²) in [7, 11) is 0. The zero-order chi connectivity index (χ0) is 28.8. The second-order valence-electron chi connectivity index (χ2n) is 10.4. The quantitative estimate of drug-likeness (QED) is 0.218. The van der Waals surface area contributed by atoms with E-state index in [4.69, 9.17) is 19.4 Å². The Morgan fingerprint density at radius 2 is 1.16 bits per heavy atom. The molecule has 0 spiro atoms. The Kier molecular flexibility index (Phi) is 5.77. The highest BCUT2D eigenvalue weighted by Gasteiger charge is 2.19. The molecule has 8 rings (SSSR count). The molecule has 2 aromatic heterocycles. The Morgan fingerprint density at radius 1 is 0.488 bits per heavy atom. The molecular weight excluding hydrogens is 528 g/mol. The van der Waals surface area contributed by atoms with Crippen molar-refractivity contribution < 1.29 is 4.42 Å². The molecule has 6 aromatic carbocycles. The number of para-hydroxylation sites is 1. The monoisotopic (exact) mass is 550 g/mol. The molecule has 0 aliphatic rings. The van der Waals surface area contributed by atoms with Gasteiger partial charge < -0.3 is 4.42 Å². The number of benzene rings is 6. The minimum Gasteiger partial charge on any atom is -0.456 e. The van der Waals surface area contributed by atoms with E-state index in [0.29, 0.717) is 23.0 Å². The van der Waals surface area contributed by atoms with Crippen molar-refractivity contribution in [1.29, 1.82) is 5.26 Å². The number of nitriles is 1. The fourth-order valence-electron chi connectivity index (χ4n) is 5.60. The first kappa shape index (κ1) is 24.7. The van der Waals surface area contributed by atoms with Crippen LogP contribution in [0.25, 0.3) is 78.0 Å². The van der Waals surface area contributed by atoms with Crippen LogP contribution >= 0.6 is 0 Å². The van der Waals surface area contributed by atoms with Gasteiger partial charge >= 0.3 is 0 Å². The number of hydrogen-bond donors (Lipinski definition) is 0. The van der Waals surface area contributed by atoms with Gasteiger partial charge in [0.2, 0.25) is 0 Å². The number of fused-ring (bicyclic) bond motifs is 4. The van der Waals surface area contributed by atoms with Crippen LogP contribution in [0.2, 0.25) is 0 Å². The molecule has 5 nitrogen and oxygen atoms in total. The summed E-state index contributed by atoms with van der Waals surface area (Å²) in [4.78, 5) is 15.1. The molecule has 0 radical (unpaired) electrons. The van der Waals surface area contributed by atoms with E-state index in [1.54, 1.807) is 0 Å². The predicted octanol–water partition coefficient (Wildman–Crippen LogP) is 9.46. The van der Waals surface area contributed by atoms with E-state index >= 15 is 0 Å². The Labute approximate surface area is 247 Å². The third-order valence-corrected chi connectivity index (χ3v) is 7.74. The van der Waals surface area contributed by atoms with Crippen LogP contribution < -0.4 is 0 Å². The fourth-order valence-corrected chi connectivity index (χ4v) is 5.60. The SMILES string of the molecule is N#Cc1ccc(-c2cc(-c3nc(-c4ccccc4)nc(-c4ccc5ccccc5c4)n3)c3c(c2)oc2ccccc23)cc1. The lowest BCUT2D eigenvalue weighted by Gasteiger charge is -2.11. The smallest absolute Gasteiger partial charge is 0.164 e. The predicted molar refractivity (Wildman–Crippen MR) is 171 cm³/mol. The van der Waals surface area contributed by atoms with Gasteiger partial charge in [0.15, 0.2) is 17.5 Å². The van der Waals surface area contributed by atoms with Crippen LogP contribution in [-0.4, -0.2) is 15.0 Å². The van der Waals surface area contributed by atoms with Crippen LogP contribution in [0.5, 0.6) is 0 Å². The lowest BCUT2D eigenvalue weighted by molar-refractivity contribution is 0.669. The van der Waals surface area contributed by atoms with E-state index in [9.17, 15) is 5.26 Å². The van der Waals surface area contributed by atoms with E-state index in [1.807, 2.05) is 91.0 Å². The number of aromatic nitrogens is 3. The molecule has 0 N–H and O–H groups in total. The Morgan fingerprint density at radius 3 is 1.98 bits per heavy atom. The van der Waals surface area contributed by atoms with Gasteiger partial charge in [-0.25, -0.2) is 15.0 Å². The minimum absolute atomic E-state index is 0.559. The Bertz CT molecular complexity index is 2350. The number of rotatable bonds is 4. The molecule has 0 bridgehead atoms. The maximum Gasteiger partial charge on any atom is 0.164 e. The van der Waals surface area contributed by atoms with Crippen molar-refractivity contribution in [2.75, 3.05) is 0 Å². The van der Waals surface area contributed by atoms with E-state index < -0.39 is 0 Å². The van der Waals surface area contributed by atoms with Gasteiger partial charge in [0, 0.05) is 27.5 Å². The summed E-state index contributed by atoms with van der Waals surface area (Å²) < 4.78 is 6.38. The highest BCUT2D eigenvalue weighted by molar-refractivity contribution is 6.13. The number of hydrogen-bond acceptors (Lipinski definition) is 5. The molecule has 0 amide bonds. The first-order valence-corrected chi connectivity index (χ1v) is 14.0. The van der Waals surface area contributed by atoms with Crippen LogP contribution in [0.15, 0.2) is 138 Å². The van der Waals surface area contributed by atoms with Crippen molar-refractivity contribution in [2.45, 2.75) is 0 Å². The van der Waals surface area contributed by atoms with Gasteiger partial charge in [0.25, 0.3) is 0 Å². The second kappa shape index (κ2) is 10.1. The van der Waals surface area contributed by atoms with Crippen molar-refractivity contribution in [2.24, 2.45) is 0 Å². The van der Waals surface area contributed by atoms with E-state index in [1.165, 1.54) is 0 Å². The number of nitrogens with zero attached hydrogens (tertiary/aromatic N) is 4. The standard InChI is InChI=1S/C38H22N4O/c39-23-24-14-16-26(17-15-24)30-21-32(35-31-12-6-7-13-33(31)43-34(35)22-30)38-41-36(27-9-2-1-3-10-27)40-37(42-38)29-19-18-25-8-4-5-11-28(25)20-29/h1-22H. The van der Waals surface area contributed by atoms with E-state index in [0.717, 1.165) is 60.5 Å². The van der Waals surface area contributed by atoms with Gasteiger partial charge in [0.1, 0.15) is 11.2 Å². The number of furan rings is 1. The molecule has 43 heavy (non-hydrogen) atoms. The molecule has 0 fully saturated rings. The molecule has 200 valence electrons. The maximum absolute atomic E-state index is 9.32. The zero-order valence-electron chi connectivity index (χ0n) is 22.9. The van der Waals surface area contributed by atoms with Crippen molar-refractivity contribution in [3.05, 3.63) is 139 Å². The summed E-state index contributed by atoms with van der Waals surface area (Å²) in [6.07, 6.45) is 0. The second-order valence-corrected chi connectivity index (χ2v) is 10.4. The topological polar surface area (TPSA) is 75.6 Å². The molecule has 0 aliphatic heterocycles. The van der Waals surface area contributed by atoms with Gasteiger partial charge in [-0.05, 0) is 58.3 Å². The van der Waals surface area contributed by atoms with Gasteiger partial charge in [-0.1, -0.05) is 97.1 Å². The normalized spacial score (nSPS) is 11.2. The summed E-state index contributed by atoms with van der Waals surface area (Å²) >= 11 is 0. The van der Waals surface area contributed by atoms with Crippen LogP contribution in [0.4, 0.5) is 0 Å². The summed E-state index contributed by atoms with van der Waals surface area (Å²) in [5.74, 6) is 1.75. The van der Waals surface area contributed by atoms with Gasteiger partial charge in [-0.15, -0.1) is 0 Å². The summed E-state index contributed by atoms with van der Waals surface area (Å²) in [6, 6.07) is 46.5. The van der Waals surface area contributed by atoms with Crippen LogP contribution in [0, 0.1) is 11.3 Å². The highest BCUT2D eigenvalue weighted by Crippen LogP contribution is 2.40. The average Bonchev–Trinajstić information content (AvgIpc) is 3.46. The molecular formula is C38H22N4O. The molecule has 5 heteroatoms. The first-order chi connectivity index (χ1) is 21.2. The molecule has 0 unspecified atom stereocenters. The lowest BCUT2D eigenvalue weighted by atomic mass is 9.97. The van der Waals surface area contributed by atoms with Gasteiger partial charge in [-0.3, -0.25) is 0 Å². The Hall–Kier alpha value is -6.12. The van der Waals surface area contributed by atoms with Crippen molar-refractivity contribution in [3.8, 4) is 51.4 Å². The average molecular weight is 551 g/mol. The van der Waals surface area contributed by atoms with Gasteiger partial charge in [-0.2, -0.15) is 5.26 Å². The molecule has 0 aliphatic carbocycles. The minimum atomic E-state index is 0.559. The molecule has 2 heterocycles. The van der Waals surface area contributed by atoms with Crippen LogP contribution in [-0.2, 0) is 0 Å². The Balaban J connectivity index is 1.42. The molecule has 8 aromatic rings. The largest absolute Gasteiger partial charge is 0.456 e. The zero-order valence-corrected chi connectivity index (χ0v) is 22.9. The highest BCUT2D eigenvalue weighted by atomic mass is 16.3. The van der Waals surface area contributed by atoms with Crippen LogP contribution in [0.3, 0.4) is 0 Å². The van der Waals surface area contributed by atoms with E-state index in [-0.39, 0.29) is 0 Å². The third kappa shape index (κ3) is 4.39. The van der Waals surface area contributed by atoms with Crippen molar-refractivity contribution >= 4 is 32.7 Å². The molecule has 0 atom stereocenters. The summed E-state index contributed by atoms with van der Waals surface area (Å²) in [5, 5.41) is 13.5. The van der Waals surface area contributed by atoms with Gasteiger partial charge in [0.05, 0.1) is 11.6 Å². The van der Waals surface area contributed by atoms with Crippen LogP contribution in [0.1, 0.15) is 5.56 Å². The first-order valence-electron chi connectivity index (χ1n) is 14.0. The van der Waals surface area contributed by atoms with Crippen molar-refractivity contribution in [1.82, 2.24) is 15.0 Å². The molecule has 0 saturated carbocycles. The summed E-state index contributed by atoms with van der Waals surface area (Å²) in [6.45, 7) is 0. The fraction of sp³-hybridized carbons (Fsp3) is 0. The van der Waals surface area contributed by atoms with E-state index in [2.05, 4.69) is 48.5 Å². The maximum atomic E-state index is 9.32. The third-order valence-electron chi connectivity index (χ3n) is 7.74. The van der Waals surface area contributed by atoms with Crippen molar-refractivity contribution in [3.63, 3.8) is 0 Å². The molecule has 0 saturated heterocycles. The summed E-state index contributed by atoms with van der Waals surface area (Å²) in [5.41, 5.74) is 6.73. The lowest BCUT2D eigenvalue weighted by Crippen LogP contribution is -2.00.